The van der Waals surface area contributed by atoms with Gasteiger partial charge in [-0.3, -0.25) is 14.4 Å². The largest absolute Gasteiger partial charge is 0.419 e. The molecule has 0 heterocycles. The van der Waals surface area contributed by atoms with E-state index in [9.17, 15) is 49.5 Å². The third kappa shape index (κ3) is 8.44. The molecule has 17 heteroatoms. The maximum absolute atomic E-state index is 15.3. The van der Waals surface area contributed by atoms with Crippen molar-refractivity contribution in [1.82, 2.24) is 0 Å². The molecule has 3 atom stereocenters. The molecule has 3 aromatic rings. The van der Waals surface area contributed by atoms with E-state index in [4.69, 9.17) is 34.8 Å². The molecule has 1 fully saturated rings. The van der Waals surface area contributed by atoms with Gasteiger partial charge in [0.05, 0.1) is 16.5 Å². The number of carbonyl (C=O) groups excluding carboxylic acids is 3. The second kappa shape index (κ2) is 13.9. The molecule has 0 spiro atoms. The van der Waals surface area contributed by atoms with E-state index in [2.05, 4.69) is 10.1 Å². The molecule has 1 saturated carbocycles. The van der Waals surface area contributed by atoms with Crippen molar-refractivity contribution in [3.8, 4) is 0 Å². The van der Waals surface area contributed by atoms with Gasteiger partial charge < -0.3 is 10.1 Å². The quantitative estimate of drug-likeness (QED) is 0.121. The minimum atomic E-state index is -5.02. The number of Topliss-reactive ketones (excluding diaryl/α,β-unsaturated/α-hetero) is 2. The van der Waals surface area contributed by atoms with E-state index < -0.39 is 100 Å². The molecule has 1 aliphatic carbocycles. The van der Waals surface area contributed by atoms with Gasteiger partial charge in [-0.25, -0.2) is 13.2 Å². The van der Waals surface area contributed by atoms with E-state index in [1.807, 2.05) is 0 Å². The van der Waals surface area contributed by atoms with Gasteiger partial charge in [-0.05, 0) is 54.4 Å². The third-order valence-corrected chi connectivity index (χ3v) is 8.71. The highest BCUT2D eigenvalue weighted by Crippen LogP contribution is 2.65. The van der Waals surface area contributed by atoms with Crippen molar-refractivity contribution in [3.63, 3.8) is 0 Å². The monoisotopic (exact) mass is 747 g/mol. The minimum absolute atomic E-state index is 0.0451. The molecular formula is C31H21Cl3F9NO4. The molecule has 1 aliphatic rings. The summed E-state index contributed by atoms with van der Waals surface area (Å²) < 4.78 is 123. The summed E-state index contributed by atoms with van der Waals surface area (Å²) in [5, 5.41) is 2.28. The number of hydrogen-bond donors (Lipinski definition) is 1. The predicted octanol–water partition coefficient (Wildman–Crippen LogP) is 8.81. The molecule has 0 aliphatic heterocycles. The number of ether oxygens (including phenoxy) is 1. The average Bonchev–Trinajstić information content (AvgIpc) is 3.57. The lowest BCUT2D eigenvalue weighted by Crippen LogP contribution is -2.28. The third-order valence-electron chi connectivity index (χ3n) is 7.44. The first kappa shape index (κ1) is 37.5. The van der Waals surface area contributed by atoms with E-state index in [-0.39, 0.29) is 27.4 Å². The van der Waals surface area contributed by atoms with Crippen LogP contribution >= 0.6 is 34.8 Å². The summed E-state index contributed by atoms with van der Waals surface area (Å²) in [5.74, 6) is -9.22. The first-order chi connectivity index (χ1) is 22.1. The van der Waals surface area contributed by atoms with E-state index >= 15 is 4.39 Å². The maximum Gasteiger partial charge on any atom is 0.419 e. The molecule has 3 aromatic carbocycles. The Labute approximate surface area is 281 Å². The van der Waals surface area contributed by atoms with E-state index in [0.717, 1.165) is 31.2 Å². The molecule has 5 nitrogen and oxygen atoms in total. The average molecular weight is 749 g/mol. The molecule has 4 rings (SSSR count). The fourth-order valence-electron chi connectivity index (χ4n) is 4.90. The molecule has 0 aromatic heterocycles. The highest BCUT2D eigenvalue weighted by molar-refractivity contribution is 6.53. The first-order valence-corrected chi connectivity index (χ1v) is 14.8. The molecular weight excluding hydrogens is 728 g/mol. The minimum Gasteiger partial charge on any atom is -0.361 e. The van der Waals surface area contributed by atoms with Crippen LogP contribution < -0.4 is 5.32 Å². The number of carbonyl (C=O) groups is 3. The van der Waals surface area contributed by atoms with Crippen LogP contribution in [0.15, 0.2) is 48.5 Å². The van der Waals surface area contributed by atoms with Crippen LogP contribution in [0.2, 0.25) is 5.02 Å². The van der Waals surface area contributed by atoms with Gasteiger partial charge >= 0.3 is 12.4 Å². The normalized spacial score (nSPS) is 17.9. The summed E-state index contributed by atoms with van der Waals surface area (Å²) in [7, 11) is 0. The summed E-state index contributed by atoms with van der Waals surface area (Å²) in [6, 6.07) is 7.36. The molecule has 0 saturated heterocycles. The van der Waals surface area contributed by atoms with E-state index in [0.29, 0.717) is 12.1 Å². The first-order valence-electron chi connectivity index (χ1n) is 13.7. The Morgan fingerprint density at radius 2 is 1.56 bits per heavy atom. The highest BCUT2D eigenvalue weighted by atomic mass is 35.5. The van der Waals surface area contributed by atoms with Crippen molar-refractivity contribution >= 4 is 58.0 Å². The highest BCUT2D eigenvalue weighted by Gasteiger charge is 2.67. The molecule has 1 amide bonds. The number of halogens is 12. The van der Waals surface area contributed by atoms with Crippen molar-refractivity contribution in [1.29, 1.82) is 0 Å². The SMILES string of the molecule is CC(OCC(F)(F)F)C(=O)Cc1c(F)ccc(CC(=O)c2cc(NC(=O)[C@H]3[C@H](c4ccc(F)c(C(F)(F)F)c4)C3(Cl)Cl)ccc2Cl)c1F. The van der Waals surface area contributed by atoms with Crippen LogP contribution in [-0.4, -0.2) is 40.7 Å². The van der Waals surface area contributed by atoms with Crippen molar-refractivity contribution in [2.24, 2.45) is 5.92 Å². The van der Waals surface area contributed by atoms with Crippen LogP contribution in [0.25, 0.3) is 0 Å². The summed E-state index contributed by atoms with van der Waals surface area (Å²) in [5.41, 5.74) is -3.19. The van der Waals surface area contributed by atoms with E-state index in [1.165, 1.54) is 12.1 Å². The number of ketones is 2. The van der Waals surface area contributed by atoms with Crippen LogP contribution in [0.1, 0.15) is 45.5 Å². The maximum atomic E-state index is 15.3. The van der Waals surface area contributed by atoms with Crippen LogP contribution in [-0.2, 0) is 33.3 Å². The van der Waals surface area contributed by atoms with Gasteiger partial charge in [0.25, 0.3) is 0 Å². The second-order valence-corrected chi connectivity index (χ2v) is 12.7. The summed E-state index contributed by atoms with van der Waals surface area (Å²) in [6.45, 7) is -0.766. The second-order valence-electron chi connectivity index (χ2n) is 10.9. The molecule has 48 heavy (non-hydrogen) atoms. The number of anilines is 1. The van der Waals surface area contributed by atoms with Crippen molar-refractivity contribution in [2.45, 2.75) is 48.5 Å². The lowest BCUT2D eigenvalue weighted by atomic mass is 9.97. The smallest absolute Gasteiger partial charge is 0.361 e. The van der Waals surface area contributed by atoms with Gasteiger partial charge in [0.1, 0.15) is 34.5 Å². The predicted molar refractivity (Wildman–Crippen MR) is 157 cm³/mol. The summed E-state index contributed by atoms with van der Waals surface area (Å²) >= 11 is 18.6. The van der Waals surface area contributed by atoms with Gasteiger partial charge in [-0.2, -0.15) is 26.3 Å². The van der Waals surface area contributed by atoms with Gasteiger partial charge in [-0.15, -0.1) is 23.2 Å². The van der Waals surface area contributed by atoms with E-state index in [1.54, 1.807) is 0 Å². The number of hydrogen-bond acceptors (Lipinski definition) is 4. The van der Waals surface area contributed by atoms with Crippen molar-refractivity contribution in [2.75, 3.05) is 11.9 Å². The summed E-state index contributed by atoms with van der Waals surface area (Å²) in [6.07, 6.45) is -13.1. The number of nitrogens with one attached hydrogen (secondary N) is 1. The molecule has 1 unspecified atom stereocenters. The van der Waals surface area contributed by atoms with Crippen LogP contribution in [0, 0.1) is 23.4 Å². The molecule has 0 bridgehead atoms. The number of rotatable bonds is 11. The van der Waals surface area contributed by atoms with Gasteiger partial charge in [0.15, 0.2) is 11.6 Å². The number of benzene rings is 3. The zero-order valence-corrected chi connectivity index (χ0v) is 26.4. The Morgan fingerprint density at radius 1 is 0.917 bits per heavy atom. The Hall–Kier alpha value is -3.33. The molecule has 1 N–H and O–H groups in total. The molecule has 0 radical (unpaired) electrons. The fourth-order valence-corrected chi connectivity index (χ4v) is 5.95. The Bertz CT molecular complexity index is 1760. The Balaban J connectivity index is 1.49. The lowest BCUT2D eigenvalue weighted by molar-refractivity contribution is -0.185. The van der Waals surface area contributed by atoms with Crippen molar-refractivity contribution < 1.29 is 58.6 Å². The standard InChI is InChI=1S/C31H21Cl3F9NO4/c1-13(48-12-29(38,39)40)23(45)11-18-21(35)6-3-15(27(18)37)9-24(46)17-10-16(4-5-20(17)32)44-28(47)26-25(30(26,33)34)14-2-7-22(36)19(8-14)31(41,42)43/h2-8,10,13,25-26H,9,11-12H2,1H3,(H,44,47)/t13?,25-,26+/m0/s1. The van der Waals surface area contributed by atoms with Crippen LogP contribution in [0.5, 0.6) is 0 Å². The van der Waals surface area contributed by atoms with Crippen molar-refractivity contribution in [3.05, 3.63) is 98.8 Å². The molecule has 258 valence electrons. The zero-order valence-electron chi connectivity index (χ0n) is 24.1. The lowest BCUT2D eigenvalue weighted by Gasteiger charge is -2.15. The topological polar surface area (TPSA) is 72.5 Å². The fraction of sp³-hybridized carbons (Fsp3) is 0.323. The van der Waals surface area contributed by atoms with Crippen LogP contribution in [0.3, 0.4) is 0 Å². The Kier molecular flexibility index (Phi) is 10.8. The summed E-state index contributed by atoms with van der Waals surface area (Å²) in [4.78, 5) is 38.5. The van der Waals surface area contributed by atoms with Gasteiger partial charge in [0.2, 0.25) is 5.91 Å². The van der Waals surface area contributed by atoms with Gasteiger partial charge in [-0.1, -0.05) is 23.7 Å². The Morgan fingerprint density at radius 3 is 2.19 bits per heavy atom. The zero-order chi connectivity index (χ0) is 35.9. The van der Waals surface area contributed by atoms with Crippen LogP contribution in [0.4, 0.5) is 45.2 Å². The number of amides is 1. The number of alkyl halides is 8. The van der Waals surface area contributed by atoms with Gasteiger partial charge in [0, 0.05) is 35.6 Å².